The van der Waals surface area contributed by atoms with Crippen LogP contribution in [0.2, 0.25) is 5.02 Å². The molecule has 0 spiro atoms. The van der Waals surface area contributed by atoms with Gasteiger partial charge in [-0.1, -0.05) is 11.6 Å². The molecule has 1 amide bonds. The Morgan fingerprint density at radius 2 is 2.11 bits per heavy atom. The molecule has 1 N–H and O–H groups in total. The molecule has 0 bridgehead atoms. The summed E-state index contributed by atoms with van der Waals surface area (Å²) in [5.74, 6) is -0.332. The van der Waals surface area contributed by atoms with Crippen LogP contribution in [0.1, 0.15) is 16.8 Å². The molecule has 0 aromatic heterocycles. The van der Waals surface area contributed by atoms with Gasteiger partial charge in [0.2, 0.25) is 0 Å². The number of halogens is 1. The van der Waals surface area contributed by atoms with Crippen molar-refractivity contribution in [3.63, 3.8) is 0 Å². The van der Waals surface area contributed by atoms with Crippen molar-refractivity contribution in [3.8, 4) is 0 Å². The molecule has 1 aromatic rings. The molecule has 0 saturated heterocycles. The number of benzene rings is 1. The van der Waals surface area contributed by atoms with Crippen molar-refractivity contribution < 1.29 is 17.9 Å². The first kappa shape index (κ1) is 15.9. The fraction of sp³-hybridized carbons (Fsp3) is 0.417. The van der Waals surface area contributed by atoms with Crippen molar-refractivity contribution in [2.45, 2.75) is 11.3 Å². The second-order valence-electron chi connectivity index (χ2n) is 4.02. The number of hydrogen-bond donors (Lipinski definition) is 1. The topological polar surface area (TPSA) is 72.5 Å². The Morgan fingerprint density at radius 1 is 1.42 bits per heavy atom. The van der Waals surface area contributed by atoms with Crippen molar-refractivity contribution in [1.82, 2.24) is 5.32 Å². The predicted molar refractivity (Wildman–Crippen MR) is 73.4 cm³/mol. The molecule has 7 heteroatoms. The Kier molecular flexibility index (Phi) is 5.78. The van der Waals surface area contributed by atoms with Crippen molar-refractivity contribution in [2.24, 2.45) is 0 Å². The van der Waals surface area contributed by atoms with Gasteiger partial charge in [0, 0.05) is 26.5 Å². The van der Waals surface area contributed by atoms with Crippen LogP contribution >= 0.6 is 11.6 Å². The van der Waals surface area contributed by atoms with E-state index in [2.05, 4.69) is 5.32 Å². The number of carbonyl (C=O) groups excluding carboxylic acids is 1. The van der Waals surface area contributed by atoms with Gasteiger partial charge in [-0.3, -0.25) is 4.79 Å². The first-order chi connectivity index (χ1) is 8.86. The van der Waals surface area contributed by atoms with E-state index >= 15 is 0 Å². The summed E-state index contributed by atoms with van der Waals surface area (Å²) in [6.07, 6.45) is 1.78. The standard InChI is InChI=1S/C12H16ClNO4S/c1-18-7-3-6-14-12(15)10-5-4-9(8-11(10)13)19(2,16)17/h4-5,8H,3,6-7H2,1-2H3,(H,14,15). The van der Waals surface area contributed by atoms with Gasteiger partial charge >= 0.3 is 0 Å². The highest BCUT2D eigenvalue weighted by molar-refractivity contribution is 7.90. The molecule has 0 unspecified atom stereocenters. The van der Waals surface area contributed by atoms with E-state index < -0.39 is 9.84 Å². The second kappa shape index (κ2) is 6.88. The molecule has 5 nitrogen and oxygen atoms in total. The number of sulfone groups is 1. The normalized spacial score (nSPS) is 11.3. The minimum absolute atomic E-state index is 0.0911. The van der Waals surface area contributed by atoms with Crippen LogP contribution in [0.4, 0.5) is 0 Å². The Morgan fingerprint density at radius 3 is 2.63 bits per heavy atom. The van der Waals surface area contributed by atoms with Gasteiger partial charge in [-0.2, -0.15) is 0 Å². The summed E-state index contributed by atoms with van der Waals surface area (Å²) < 4.78 is 27.5. The summed E-state index contributed by atoms with van der Waals surface area (Å²) in [4.78, 5) is 11.9. The van der Waals surface area contributed by atoms with Crippen LogP contribution in [0.5, 0.6) is 0 Å². The fourth-order valence-corrected chi connectivity index (χ4v) is 2.40. The molecule has 0 aliphatic rings. The van der Waals surface area contributed by atoms with Gasteiger partial charge in [0.25, 0.3) is 5.91 Å². The zero-order valence-electron chi connectivity index (χ0n) is 10.8. The SMILES string of the molecule is COCCCNC(=O)c1ccc(S(C)(=O)=O)cc1Cl. The number of ether oxygens (including phenoxy) is 1. The van der Waals surface area contributed by atoms with Crippen LogP contribution in [0.25, 0.3) is 0 Å². The van der Waals surface area contributed by atoms with E-state index in [4.69, 9.17) is 16.3 Å². The third-order valence-electron chi connectivity index (χ3n) is 2.42. The Labute approximate surface area is 117 Å². The first-order valence-corrected chi connectivity index (χ1v) is 7.90. The Balaban J connectivity index is 2.77. The quantitative estimate of drug-likeness (QED) is 0.809. The van der Waals surface area contributed by atoms with E-state index in [1.165, 1.54) is 18.2 Å². The van der Waals surface area contributed by atoms with E-state index in [1.807, 2.05) is 0 Å². The summed E-state index contributed by atoms with van der Waals surface area (Å²) in [6.45, 7) is 1.03. The predicted octanol–water partition coefficient (Wildman–Crippen LogP) is 1.51. The zero-order valence-corrected chi connectivity index (χ0v) is 12.3. The number of rotatable bonds is 6. The molecule has 0 atom stereocenters. The maximum Gasteiger partial charge on any atom is 0.252 e. The molecular formula is C12H16ClNO4S. The van der Waals surface area contributed by atoms with Gasteiger partial charge in [-0.15, -0.1) is 0 Å². The van der Waals surface area contributed by atoms with Gasteiger partial charge in [0.1, 0.15) is 0 Å². The monoisotopic (exact) mass is 305 g/mol. The molecule has 0 saturated carbocycles. The summed E-state index contributed by atoms with van der Waals surface area (Å²) in [6, 6.07) is 4.05. The smallest absolute Gasteiger partial charge is 0.252 e. The third kappa shape index (κ3) is 4.81. The maximum absolute atomic E-state index is 11.8. The van der Waals surface area contributed by atoms with E-state index in [0.717, 1.165) is 6.26 Å². The number of methoxy groups -OCH3 is 1. The van der Waals surface area contributed by atoms with Crippen LogP contribution in [0, 0.1) is 0 Å². The third-order valence-corrected chi connectivity index (χ3v) is 3.85. The van der Waals surface area contributed by atoms with E-state index in [0.29, 0.717) is 19.6 Å². The minimum Gasteiger partial charge on any atom is -0.385 e. The average molecular weight is 306 g/mol. The van der Waals surface area contributed by atoms with Crippen molar-refractivity contribution in [3.05, 3.63) is 28.8 Å². The molecule has 0 aliphatic heterocycles. The van der Waals surface area contributed by atoms with Gasteiger partial charge in [0.15, 0.2) is 9.84 Å². The van der Waals surface area contributed by atoms with E-state index in [9.17, 15) is 13.2 Å². The molecule has 1 rings (SSSR count). The van der Waals surface area contributed by atoms with Crippen LogP contribution in [-0.4, -0.2) is 40.8 Å². The van der Waals surface area contributed by atoms with Gasteiger partial charge in [0.05, 0.1) is 15.5 Å². The average Bonchev–Trinajstić information content (AvgIpc) is 2.33. The zero-order chi connectivity index (χ0) is 14.5. The molecule has 19 heavy (non-hydrogen) atoms. The minimum atomic E-state index is -3.32. The lowest BCUT2D eigenvalue weighted by Crippen LogP contribution is -2.25. The van der Waals surface area contributed by atoms with E-state index in [1.54, 1.807) is 7.11 Å². The number of amides is 1. The fourth-order valence-electron chi connectivity index (χ4n) is 1.42. The van der Waals surface area contributed by atoms with Crippen LogP contribution in [0.3, 0.4) is 0 Å². The van der Waals surface area contributed by atoms with Crippen LogP contribution < -0.4 is 5.32 Å². The highest BCUT2D eigenvalue weighted by Crippen LogP contribution is 2.20. The Bertz CT molecular complexity index is 557. The molecule has 0 fully saturated rings. The summed E-state index contributed by atoms with van der Waals surface area (Å²) >= 11 is 5.92. The molecule has 0 aliphatic carbocycles. The van der Waals surface area contributed by atoms with Crippen LogP contribution in [-0.2, 0) is 14.6 Å². The Hall–Kier alpha value is -1.11. The summed E-state index contributed by atoms with van der Waals surface area (Å²) in [5.41, 5.74) is 0.256. The van der Waals surface area contributed by atoms with E-state index in [-0.39, 0.29) is 21.4 Å². The molecular weight excluding hydrogens is 290 g/mol. The highest BCUT2D eigenvalue weighted by atomic mass is 35.5. The lowest BCUT2D eigenvalue weighted by atomic mass is 10.2. The number of nitrogens with one attached hydrogen (secondary N) is 1. The lowest BCUT2D eigenvalue weighted by molar-refractivity contribution is 0.0948. The first-order valence-electron chi connectivity index (χ1n) is 5.63. The van der Waals surface area contributed by atoms with Crippen LogP contribution in [0.15, 0.2) is 23.1 Å². The van der Waals surface area contributed by atoms with Crippen molar-refractivity contribution in [1.29, 1.82) is 0 Å². The number of hydrogen-bond acceptors (Lipinski definition) is 4. The van der Waals surface area contributed by atoms with Crippen molar-refractivity contribution in [2.75, 3.05) is 26.5 Å². The highest BCUT2D eigenvalue weighted by Gasteiger charge is 2.14. The van der Waals surface area contributed by atoms with Gasteiger partial charge < -0.3 is 10.1 Å². The molecule has 0 radical (unpaired) electrons. The van der Waals surface area contributed by atoms with Gasteiger partial charge in [-0.25, -0.2) is 8.42 Å². The van der Waals surface area contributed by atoms with Gasteiger partial charge in [-0.05, 0) is 24.6 Å². The summed E-state index contributed by atoms with van der Waals surface area (Å²) in [7, 11) is -1.74. The van der Waals surface area contributed by atoms with Crippen molar-refractivity contribution >= 4 is 27.3 Å². The lowest BCUT2D eigenvalue weighted by Gasteiger charge is -2.07. The largest absolute Gasteiger partial charge is 0.385 e. The molecule has 1 aromatic carbocycles. The maximum atomic E-state index is 11.8. The number of carbonyl (C=O) groups is 1. The summed E-state index contributed by atoms with van der Waals surface area (Å²) in [5, 5.41) is 2.80. The molecule has 106 valence electrons. The second-order valence-corrected chi connectivity index (χ2v) is 6.44. The molecule has 0 heterocycles.